The van der Waals surface area contributed by atoms with Crippen molar-refractivity contribution in [1.82, 2.24) is 9.78 Å². The molecule has 1 aromatic heterocycles. The molecule has 5 aromatic rings. The number of primary sulfonamides is 1. The topological polar surface area (TPSA) is 107 Å². The molecule has 37 heavy (non-hydrogen) atoms. The molecule has 0 fully saturated rings. The molecule has 4 aromatic carbocycles. The van der Waals surface area contributed by atoms with Gasteiger partial charge in [0.1, 0.15) is 5.69 Å². The zero-order chi connectivity index (χ0) is 26.3. The lowest BCUT2D eigenvalue weighted by Gasteiger charge is -2.13. The summed E-state index contributed by atoms with van der Waals surface area (Å²) in [7, 11) is -3.90. The van der Waals surface area contributed by atoms with E-state index in [4.69, 9.17) is 5.14 Å². The summed E-state index contributed by atoms with van der Waals surface area (Å²) >= 11 is 6.99. The number of aryl methyl sites for hydroxylation is 1. The molecule has 0 unspecified atom stereocenters. The van der Waals surface area contributed by atoms with E-state index in [1.807, 2.05) is 43.3 Å². The van der Waals surface area contributed by atoms with Gasteiger partial charge in [0.25, 0.3) is 5.91 Å². The Kier molecular flexibility index (Phi) is 6.76. The summed E-state index contributed by atoms with van der Waals surface area (Å²) < 4.78 is 27.2. The number of benzene rings is 4. The number of fused-ring (bicyclic) bond motifs is 1. The summed E-state index contributed by atoms with van der Waals surface area (Å²) in [6, 6.07) is 25.3. The Labute approximate surface area is 230 Å². The van der Waals surface area contributed by atoms with Gasteiger partial charge < -0.3 is 5.32 Å². The van der Waals surface area contributed by atoms with Crippen LogP contribution in [0, 0.1) is 6.92 Å². The van der Waals surface area contributed by atoms with Crippen molar-refractivity contribution in [2.75, 3.05) is 5.32 Å². The van der Waals surface area contributed by atoms with E-state index >= 15 is 0 Å². The van der Waals surface area contributed by atoms with Gasteiger partial charge in [0.2, 0.25) is 10.0 Å². The van der Waals surface area contributed by atoms with E-state index in [-0.39, 0.29) is 10.8 Å². The molecule has 0 atom stereocenters. The molecule has 10 heteroatoms. The van der Waals surface area contributed by atoms with Crippen molar-refractivity contribution in [2.24, 2.45) is 5.14 Å². The third-order valence-corrected chi connectivity index (χ3v) is 7.93. The SMILES string of the molecule is Cc1cc(C(=O)Nc2ccc(-c3ccccc3S(N)(=O)=O)cc2Br)n(-c2ccc3cc(Br)ccc3c2)n1. The molecule has 1 heterocycles. The van der Waals surface area contributed by atoms with Gasteiger partial charge in [0, 0.05) is 14.5 Å². The molecular weight excluding hydrogens is 620 g/mol. The van der Waals surface area contributed by atoms with Gasteiger partial charge in [0.05, 0.1) is 22.0 Å². The summed E-state index contributed by atoms with van der Waals surface area (Å²) in [5, 5.41) is 14.9. The van der Waals surface area contributed by atoms with E-state index in [0.717, 1.165) is 20.9 Å². The predicted octanol–water partition coefficient (Wildman–Crippen LogP) is 6.43. The third kappa shape index (κ3) is 5.24. The predicted molar refractivity (Wildman–Crippen MR) is 152 cm³/mol. The van der Waals surface area contributed by atoms with E-state index in [1.165, 1.54) is 6.07 Å². The fraction of sp³-hybridized carbons (Fsp3) is 0.0370. The van der Waals surface area contributed by atoms with E-state index in [0.29, 0.717) is 32.7 Å². The number of amides is 1. The van der Waals surface area contributed by atoms with Gasteiger partial charge in [-0.3, -0.25) is 4.79 Å². The van der Waals surface area contributed by atoms with Crippen LogP contribution in [0.1, 0.15) is 16.2 Å². The number of aromatic nitrogens is 2. The van der Waals surface area contributed by atoms with E-state index < -0.39 is 10.0 Å². The number of carbonyl (C=O) groups is 1. The number of nitrogens with one attached hydrogen (secondary N) is 1. The van der Waals surface area contributed by atoms with Crippen molar-refractivity contribution >= 4 is 64.3 Å². The normalized spacial score (nSPS) is 11.6. The summed E-state index contributed by atoms with van der Waals surface area (Å²) in [6.45, 7) is 1.83. The van der Waals surface area contributed by atoms with Crippen LogP contribution in [0.2, 0.25) is 0 Å². The lowest BCUT2D eigenvalue weighted by molar-refractivity contribution is 0.101. The fourth-order valence-electron chi connectivity index (χ4n) is 4.12. The third-order valence-electron chi connectivity index (χ3n) is 5.82. The van der Waals surface area contributed by atoms with Crippen molar-refractivity contribution in [3.63, 3.8) is 0 Å². The second-order valence-corrected chi connectivity index (χ2v) is 11.7. The molecule has 3 N–H and O–H groups in total. The molecule has 0 spiro atoms. The summed E-state index contributed by atoms with van der Waals surface area (Å²) in [5.74, 6) is -0.338. The Morgan fingerprint density at radius 3 is 2.41 bits per heavy atom. The minimum atomic E-state index is -3.90. The first-order valence-corrected chi connectivity index (χ1v) is 14.2. The highest BCUT2D eigenvalue weighted by atomic mass is 79.9. The molecule has 7 nitrogen and oxygen atoms in total. The molecule has 0 bridgehead atoms. The van der Waals surface area contributed by atoms with Gasteiger partial charge in [-0.2, -0.15) is 5.10 Å². The lowest BCUT2D eigenvalue weighted by Crippen LogP contribution is -2.17. The maximum absolute atomic E-state index is 13.3. The van der Waals surface area contributed by atoms with Crippen LogP contribution in [-0.4, -0.2) is 24.1 Å². The molecule has 1 amide bonds. The first-order valence-electron chi connectivity index (χ1n) is 11.1. The Bertz CT molecular complexity index is 1800. The number of sulfonamides is 1. The van der Waals surface area contributed by atoms with E-state index in [1.54, 1.807) is 47.1 Å². The number of nitrogens with zero attached hydrogens (tertiary/aromatic N) is 2. The molecule has 0 radical (unpaired) electrons. The fourth-order valence-corrected chi connectivity index (χ4v) is 5.73. The van der Waals surface area contributed by atoms with Crippen LogP contribution in [0.25, 0.3) is 27.6 Å². The minimum absolute atomic E-state index is 0.0285. The molecule has 186 valence electrons. The van der Waals surface area contributed by atoms with Gasteiger partial charge in [-0.1, -0.05) is 52.3 Å². The first-order chi connectivity index (χ1) is 17.6. The van der Waals surface area contributed by atoms with Crippen molar-refractivity contribution < 1.29 is 13.2 Å². The average molecular weight is 640 g/mol. The number of carbonyl (C=O) groups excluding carboxylic acids is 1. The Balaban J connectivity index is 1.46. The first kappa shape index (κ1) is 25.3. The summed E-state index contributed by atoms with van der Waals surface area (Å²) in [5.41, 5.74) is 3.48. The van der Waals surface area contributed by atoms with Crippen LogP contribution < -0.4 is 10.5 Å². The number of hydrogen-bond acceptors (Lipinski definition) is 4. The zero-order valence-corrected chi connectivity index (χ0v) is 23.4. The molecule has 0 saturated heterocycles. The number of rotatable bonds is 5. The van der Waals surface area contributed by atoms with Crippen molar-refractivity contribution in [1.29, 1.82) is 0 Å². The summed E-state index contributed by atoms with van der Waals surface area (Å²) in [4.78, 5) is 13.4. The zero-order valence-electron chi connectivity index (χ0n) is 19.4. The van der Waals surface area contributed by atoms with E-state index in [2.05, 4.69) is 42.3 Å². The average Bonchev–Trinajstić information content (AvgIpc) is 3.26. The van der Waals surface area contributed by atoms with Crippen molar-refractivity contribution in [3.05, 3.63) is 105 Å². The Morgan fingerprint density at radius 1 is 0.919 bits per heavy atom. The standard InChI is InChI=1S/C27H20Br2N4O3S/c1-16-12-25(33(32-16)21-10-7-17-13-20(28)9-6-18(17)14-21)27(34)31-24-11-8-19(15-23(24)29)22-4-2-3-5-26(22)37(30,35)36/h2-15H,1H3,(H,31,34)(H2,30,35,36). The number of hydrogen-bond donors (Lipinski definition) is 2. The summed E-state index contributed by atoms with van der Waals surface area (Å²) in [6.07, 6.45) is 0. The number of anilines is 1. The maximum atomic E-state index is 13.3. The monoisotopic (exact) mass is 638 g/mol. The highest BCUT2D eigenvalue weighted by molar-refractivity contribution is 9.10. The molecule has 5 rings (SSSR count). The minimum Gasteiger partial charge on any atom is -0.320 e. The molecular formula is C27H20Br2N4O3S. The van der Waals surface area contributed by atoms with Gasteiger partial charge in [0.15, 0.2) is 0 Å². The quantitative estimate of drug-likeness (QED) is 0.231. The van der Waals surface area contributed by atoms with Crippen LogP contribution in [0.3, 0.4) is 0 Å². The second kappa shape index (κ2) is 9.86. The lowest BCUT2D eigenvalue weighted by atomic mass is 10.1. The van der Waals surface area contributed by atoms with Crippen LogP contribution >= 0.6 is 31.9 Å². The molecule has 0 saturated carbocycles. The van der Waals surface area contributed by atoms with Gasteiger partial charge in [-0.15, -0.1) is 0 Å². The Hall–Kier alpha value is -3.31. The van der Waals surface area contributed by atoms with Crippen LogP contribution in [-0.2, 0) is 10.0 Å². The van der Waals surface area contributed by atoms with Crippen molar-refractivity contribution in [2.45, 2.75) is 11.8 Å². The van der Waals surface area contributed by atoms with Crippen molar-refractivity contribution in [3.8, 4) is 16.8 Å². The largest absolute Gasteiger partial charge is 0.320 e. The smallest absolute Gasteiger partial charge is 0.274 e. The van der Waals surface area contributed by atoms with Crippen LogP contribution in [0.15, 0.2) is 98.8 Å². The van der Waals surface area contributed by atoms with Crippen LogP contribution in [0.5, 0.6) is 0 Å². The second-order valence-electron chi connectivity index (χ2n) is 8.45. The van der Waals surface area contributed by atoms with Crippen LogP contribution in [0.4, 0.5) is 5.69 Å². The van der Waals surface area contributed by atoms with Gasteiger partial charge in [-0.25, -0.2) is 18.2 Å². The molecule has 0 aliphatic heterocycles. The number of nitrogens with two attached hydrogens (primary N) is 1. The molecule has 0 aliphatic carbocycles. The number of halogens is 2. The highest BCUT2D eigenvalue weighted by Gasteiger charge is 2.19. The Morgan fingerprint density at radius 2 is 1.65 bits per heavy atom. The van der Waals surface area contributed by atoms with Gasteiger partial charge in [-0.05, 0) is 87.7 Å². The van der Waals surface area contributed by atoms with Gasteiger partial charge >= 0.3 is 0 Å². The van der Waals surface area contributed by atoms with E-state index in [9.17, 15) is 13.2 Å². The maximum Gasteiger partial charge on any atom is 0.274 e. The highest BCUT2D eigenvalue weighted by Crippen LogP contribution is 2.33. The molecule has 0 aliphatic rings.